The van der Waals surface area contributed by atoms with Gasteiger partial charge in [0.1, 0.15) is 11.6 Å². The second-order valence-electron chi connectivity index (χ2n) is 6.76. The lowest BCUT2D eigenvalue weighted by atomic mass is 10.0. The maximum absolute atomic E-state index is 12.5. The fraction of sp³-hybridized carbons (Fsp3) is 0.167. The third-order valence-corrected chi connectivity index (χ3v) is 4.79. The van der Waals surface area contributed by atoms with Crippen LogP contribution in [0.2, 0.25) is 0 Å². The number of allylic oxidation sites excluding steroid dienone is 1. The van der Waals surface area contributed by atoms with Crippen LogP contribution >= 0.6 is 0 Å². The lowest BCUT2D eigenvalue weighted by molar-refractivity contribution is -0.117. The number of phenolic OH excluding ortho intramolecular Hbond substituents is 1. The van der Waals surface area contributed by atoms with Gasteiger partial charge in [-0.2, -0.15) is 5.26 Å². The van der Waals surface area contributed by atoms with Crippen molar-refractivity contribution in [3.63, 3.8) is 0 Å². The molecular weight excluding hydrogens is 378 g/mol. The van der Waals surface area contributed by atoms with Crippen molar-refractivity contribution in [3.05, 3.63) is 77.5 Å². The fourth-order valence-corrected chi connectivity index (χ4v) is 3.30. The summed E-state index contributed by atoms with van der Waals surface area (Å²) >= 11 is 0. The summed E-state index contributed by atoms with van der Waals surface area (Å²) in [5, 5.41) is 23.6. The van der Waals surface area contributed by atoms with Crippen LogP contribution in [0.3, 0.4) is 0 Å². The highest BCUT2D eigenvalue weighted by Gasteiger charge is 2.13. The number of hydrogen-bond donors (Lipinski definition) is 3. The number of methoxy groups -OCH3 is 1. The maximum atomic E-state index is 12.5. The molecule has 0 aliphatic heterocycles. The summed E-state index contributed by atoms with van der Waals surface area (Å²) in [6.45, 7) is 4.08. The van der Waals surface area contributed by atoms with E-state index in [-0.39, 0.29) is 17.1 Å². The molecule has 0 saturated carbocycles. The third-order valence-electron chi connectivity index (χ3n) is 4.79. The van der Waals surface area contributed by atoms with Crippen molar-refractivity contribution in [3.8, 4) is 17.6 Å². The fourth-order valence-electron chi connectivity index (χ4n) is 3.30. The second kappa shape index (κ2) is 9.48. The maximum Gasteiger partial charge on any atom is 0.261 e. The van der Waals surface area contributed by atoms with Crippen molar-refractivity contribution in [1.29, 1.82) is 5.26 Å². The lowest BCUT2D eigenvalue weighted by Crippen LogP contribution is -2.26. The van der Waals surface area contributed by atoms with Gasteiger partial charge in [-0.1, -0.05) is 24.3 Å². The van der Waals surface area contributed by atoms with Gasteiger partial charge in [0, 0.05) is 29.2 Å². The Morgan fingerprint density at radius 1 is 1.33 bits per heavy atom. The van der Waals surface area contributed by atoms with Gasteiger partial charge in [-0.15, -0.1) is 6.58 Å². The number of hydrogen-bond acceptors (Lipinski definition) is 4. The molecule has 3 aromatic rings. The van der Waals surface area contributed by atoms with Crippen LogP contribution in [0, 0.1) is 11.3 Å². The number of fused-ring (bicyclic) bond motifs is 1. The molecule has 2 aromatic carbocycles. The van der Waals surface area contributed by atoms with Crippen molar-refractivity contribution < 1.29 is 14.6 Å². The predicted molar refractivity (Wildman–Crippen MR) is 117 cm³/mol. The molecule has 1 heterocycles. The Balaban J connectivity index is 1.73. The number of nitrogens with zero attached hydrogens (tertiary/aromatic N) is 1. The molecule has 3 rings (SSSR count). The van der Waals surface area contributed by atoms with Crippen molar-refractivity contribution >= 4 is 22.9 Å². The molecule has 30 heavy (non-hydrogen) atoms. The van der Waals surface area contributed by atoms with E-state index in [2.05, 4.69) is 16.9 Å². The minimum absolute atomic E-state index is 0.0220. The van der Waals surface area contributed by atoms with Gasteiger partial charge < -0.3 is 20.1 Å². The van der Waals surface area contributed by atoms with E-state index in [0.29, 0.717) is 30.5 Å². The van der Waals surface area contributed by atoms with Gasteiger partial charge in [-0.25, -0.2) is 0 Å². The van der Waals surface area contributed by atoms with E-state index < -0.39 is 5.91 Å². The highest BCUT2D eigenvalue weighted by Crippen LogP contribution is 2.32. The summed E-state index contributed by atoms with van der Waals surface area (Å²) in [6.07, 6.45) is 6.15. The monoisotopic (exact) mass is 401 g/mol. The molecule has 1 aromatic heterocycles. The van der Waals surface area contributed by atoms with Crippen molar-refractivity contribution in [2.75, 3.05) is 13.7 Å². The number of rotatable bonds is 8. The topological polar surface area (TPSA) is 98.1 Å². The van der Waals surface area contributed by atoms with E-state index in [1.807, 2.05) is 36.5 Å². The van der Waals surface area contributed by atoms with Crippen LogP contribution in [0.4, 0.5) is 0 Å². The van der Waals surface area contributed by atoms with Crippen molar-refractivity contribution in [1.82, 2.24) is 10.3 Å². The lowest BCUT2D eigenvalue weighted by Gasteiger charge is -2.10. The van der Waals surface area contributed by atoms with E-state index >= 15 is 0 Å². The zero-order chi connectivity index (χ0) is 21.5. The highest BCUT2D eigenvalue weighted by molar-refractivity contribution is 6.01. The van der Waals surface area contributed by atoms with E-state index in [4.69, 9.17) is 4.74 Å². The van der Waals surface area contributed by atoms with E-state index in [0.717, 1.165) is 16.5 Å². The Morgan fingerprint density at radius 2 is 2.13 bits per heavy atom. The van der Waals surface area contributed by atoms with Gasteiger partial charge in [0.2, 0.25) is 0 Å². The normalized spacial score (nSPS) is 11.1. The van der Waals surface area contributed by atoms with E-state index in [1.165, 1.54) is 13.2 Å². The number of nitriles is 1. The van der Waals surface area contributed by atoms with Crippen LogP contribution in [0.25, 0.3) is 17.0 Å². The average molecular weight is 401 g/mol. The van der Waals surface area contributed by atoms with E-state index in [1.54, 1.807) is 18.2 Å². The molecule has 6 heteroatoms. The van der Waals surface area contributed by atoms with Gasteiger partial charge in [0.05, 0.1) is 7.11 Å². The smallest absolute Gasteiger partial charge is 0.261 e. The molecule has 0 spiro atoms. The quantitative estimate of drug-likeness (QED) is 0.303. The molecule has 0 radical (unpaired) electrons. The van der Waals surface area contributed by atoms with Crippen molar-refractivity contribution in [2.24, 2.45) is 0 Å². The summed E-state index contributed by atoms with van der Waals surface area (Å²) in [5.74, 6) is -0.150. The Morgan fingerprint density at radius 3 is 2.87 bits per heavy atom. The molecule has 152 valence electrons. The zero-order valence-corrected chi connectivity index (χ0v) is 16.7. The minimum Gasteiger partial charge on any atom is -0.504 e. The number of H-pyrrole nitrogens is 1. The molecule has 0 aliphatic rings. The Bertz CT molecular complexity index is 1150. The Labute approximate surface area is 175 Å². The van der Waals surface area contributed by atoms with Gasteiger partial charge in [-0.3, -0.25) is 4.79 Å². The largest absolute Gasteiger partial charge is 0.504 e. The first-order valence-corrected chi connectivity index (χ1v) is 9.53. The number of carbonyl (C=O) groups excluding carboxylic acids is 1. The molecule has 0 saturated heterocycles. The molecule has 0 aliphatic carbocycles. The van der Waals surface area contributed by atoms with Crippen LogP contribution in [-0.2, 0) is 17.6 Å². The third kappa shape index (κ3) is 4.53. The number of phenols is 1. The first kappa shape index (κ1) is 20.7. The minimum atomic E-state index is -0.449. The molecule has 6 nitrogen and oxygen atoms in total. The summed E-state index contributed by atoms with van der Waals surface area (Å²) in [4.78, 5) is 15.7. The van der Waals surface area contributed by atoms with Gasteiger partial charge >= 0.3 is 0 Å². The molecule has 0 unspecified atom stereocenters. The summed E-state index contributed by atoms with van der Waals surface area (Å²) in [7, 11) is 1.45. The number of carbonyl (C=O) groups is 1. The van der Waals surface area contributed by atoms with Crippen LogP contribution in [0.1, 0.15) is 16.7 Å². The SMILES string of the molecule is C=CCc1cc(/C=C(\C#N)C(=O)NCCc2c[nH]c3ccccc23)cc(OC)c1O. The molecular formula is C24H23N3O3. The Hall–Kier alpha value is -3.98. The van der Waals surface area contributed by atoms with Crippen LogP contribution in [0.15, 0.2) is 60.8 Å². The standard InChI is InChI=1S/C24H23N3O3/c1-3-6-17-11-16(13-22(30-2)23(17)28)12-19(14-25)24(29)26-10-9-18-15-27-21-8-5-4-7-20(18)21/h3-5,7-8,11-13,15,27-28H,1,6,9-10H2,2H3,(H,26,29)/b19-12+. The van der Waals surface area contributed by atoms with Crippen LogP contribution in [0.5, 0.6) is 11.5 Å². The first-order valence-electron chi connectivity index (χ1n) is 9.53. The highest BCUT2D eigenvalue weighted by atomic mass is 16.5. The van der Waals surface area contributed by atoms with Gasteiger partial charge in [0.15, 0.2) is 11.5 Å². The number of para-hydroxylation sites is 1. The summed E-state index contributed by atoms with van der Waals surface area (Å²) < 4.78 is 5.19. The van der Waals surface area contributed by atoms with Crippen LogP contribution < -0.4 is 10.1 Å². The number of amides is 1. The van der Waals surface area contributed by atoms with E-state index in [9.17, 15) is 15.2 Å². The molecule has 3 N–H and O–H groups in total. The van der Waals surface area contributed by atoms with Gasteiger partial charge in [-0.05, 0) is 48.2 Å². The second-order valence-corrected chi connectivity index (χ2v) is 6.76. The molecule has 0 fully saturated rings. The zero-order valence-electron chi connectivity index (χ0n) is 16.7. The number of aromatic hydroxyl groups is 1. The first-order chi connectivity index (χ1) is 14.6. The summed E-state index contributed by atoms with van der Waals surface area (Å²) in [5.41, 5.74) is 3.32. The molecule has 0 bridgehead atoms. The van der Waals surface area contributed by atoms with Gasteiger partial charge in [0.25, 0.3) is 5.91 Å². The molecule has 1 amide bonds. The number of ether oxygens (including phenoxy) is 1. The summed E-state index contributed by atoms with van der Waals surface area (Å²) in [6, 6.07) is 13.2. The number of benzene rings is 2. The Kier molecular flexibility index (Phi) is 6.56. The predicted octanol–water partition coefficient (Wildman–Crippen LogP) is 3.88. The average Bonchev–Trinajstić information content (AvgIpc) is 3.17. The van der Waals surface area contributed by atoms with Crippen molar-refractivity contribution in [2.45, 2.75) is 12.8 Å². The van der Waals surface area contributed by atoms with Crippen LogP contribution in [-0.4, -0.2) is 29.7 Å². The number of nitrogens with one attached hydrogen (secondary N) is 2. The molecule has 0 atom stereocenters. The number of aromatic nitrogens is 1. The number of aromatic amines is 1.